The summed E-state index contributed by atoms with van der Waals surface area (Å²) in [5.41, 5.74) is 3.33. The minimum Gasteiger partial charge on any atom is -0.462 e. The molecule has 0 saturated heterocycles. The smallest absolute Gasteiger partial charge is 0.333 e. The van der Waals surface area contributed by atoms with E-state index in [0.717, 1.165) is 36.8 Å². The van der Waals surface area contributed by atoms with Crippen LogP contribution in [0.15, 0.2) is 66.7 Å². The Bertz CT molecular complexity index is 751. The predicted molar refractivity (Wildman–Crippen MR) is 108 cm³/mol. The summed E-state index contributed by atoms with van der Waals surface area (Å²) >= 11 is 0. The van der Waals surface area contributed by atoms with Crippen molar-refractivity contribution in [2.75, 3.05) is 13.2 Å². The summed E-state index contributed by atoms with van der Waals surface area (Å²) in [7, 11) is 0. The minimum absolute atomic E-state index is 0.0509. The van der Waals surface area contributed by atoms with E-state index in [2.05, 4.69) is 24.0 Å². The molecule has 0 unspecified atom stereocenters. The lowest BCUT2D eigenvalue weighted by Gasteiger charge is -2.07. The van der Waals surface area contributed by atoms with E-state index in [1.165, 1.54) is 0 Å². The molecule has 0 heterocycles. The molecule has 0 aromatic heterocycles. The largest absolute Gasteiger partial charge is 0.462 e. The second kappa shape index (κ2) is 11.0. The van der Waals surface area contributed by atoms with Gasteiger partial charge < -0.3 is 10.1 Å². The number of hydrogen-bond acceptors (Lipinski definition) is 3. The van der Waals surface area contributed by atoms with Gasteiger partial charge >= 0.3 is 5.97 Å². The highest BCUT2D eigenvalue weighted by Gasteiger charge is 2.05. The van der Waals surface area contributed by atoms with Crippen molar-refractivity contribution >= 4 is 11.9 Å². The lowest BCUT2D eigenvalue weighted by molar-refractivity contribution is -0.139. The summed E-state index contributed by atoms with van der Waals surface area (Å²) < 4.78 is 5.04. The van der Waals surface area contributed by atoms with Crippen molar-refractivity contribution in [3.05, 3.63) is 72.3 Å². The van der Waals surface area contributed by atoms with Crippen molar-refractivity contribution in [2.45, 2.75) is 32.6 Å². The number of nitrogens with one attached hydrogen (secondary N) is 1. The first-order chi connectivity index (χ1) is 13.1. The second-order valence-corrected chi connectivity index (χ2v) is 6.53. The van der Waals surface area contributed by atoms with Crippen molar-refractivity contribution in [1.82, 2.24) is 5.32 Å². The van der Waals surface area contributed by atoms with Gasteiger partial charge in [0.2, 0.25) is 0 Å². The molecular formula is C23H27NO3. The Kier molecular flexibility index (Phi) is 8.30. The maximum absolute atomic E-state index is 12.2. The molecule has 0 aliphatic heterocycles. The first kappa shape index (κ1) is 20.4. The molecule has 2 rings (SSSR count). The minimum atomic E-state index is -0.333. The molecule has 4 nitrogen and oxygen atoms in total. The zero-order valence-electron chi connectivity index (χ0n) is 15.9. The van der Waals surface area contributed by atoms with Gasteiger partial charge in [0.15, 0.2) is 0 Å². The number of ether oxygens (including phenoxy) is 1. The van der Waals surface area contributed by atoms with E-state index in [1.54, 1.807) is 6.92 Å². The number of amides is 1. The number of hydrogen-bond donors (Lipinski definition) is 1. The highest BCUT2D eigenvalue weighted by atomic mass is 16.5. The molecule has 1 N–H and O–H groups in total. The van der Waals surface area contributed by atoms with Gasteiger partial charge in [0.25, 0.3) is 5.91 Å². The number of rotatable bonds is 10. The summed E-state index contributed by atoms with van der Waals surface area (Å²) in [6.45, 7) is 6.25. The molecule has 0 aliphatic rings. The van der Waals surface area contributed by atoms with Crippen molar-refractivity contribution in [3.63, 3.8) is 0 Å². The van der Waals surface area contributed by atoms with E-state index >= 15 is 0 Å². The third-order valence-corrected chi connectivity index (χ3v) is 4.19. The quantitative estimate of drug-likeness (QED) is 0.375. The van der Waals surface area contributed by atoms with Crippen LogP contribution in [0.25, 0.3) is 11.1 Å². The Morgan fingerprint density at radius 1 is 0.889 bits per heavy atom. The zero-order chi connectivity index (χ0) is 19.5. The van der Waals surface area contributed by atoms with Crippen LogP contribution in [0.3, 0.4) is 0 Å². The lowest BCUT2D eigenvalue weighted by Crippen LogP contribution is -2.24. The topological polar surface area (TPSA) is 55.4 Å². The summed E-state index contributed by atoms with van der Waals surface area (Å²) in [5.74, 6) is -0.384. The molecule has 1 amide bonds. The number of benzene rings is 2. The van der Waals surface area contributed by atoms with E-state index < -0.39 is 0 Å². The monoisotopic (exact) mass is 365 g/mol. The van der Waals surface area contributed by atoms with Crippen LogP contribution in [-0.4, -0.2) is 25.0 Å². The van der Waals surface area contributed by atoms with Crippen LogP contribution in [0, 0.1) is 0 Å². The molecule has 0 aliphatic carbocycles. The van der Waals surface area contributed by atoms with Crippen LogP contribution >= 0.6 is 0 Å². The molecule has 2 aromatic rings. The Morgan fingerprint density at radius 2 is 1.52 bits per heavy atom. The van der Waals surface area contributed by atoms with Crippen molar-refractivity contribution in [1.29, 1.82) is 0 Å². The predicted octanol–water partition coefficient (Wildman–Crippen LogP) is 4.76. The third-order valence-electron chi connectivity index (χ3n) is 4.19. The molecule has 0 atom stereocenters. The maximum atomic E-state index is 12.2. The fourth-order valence-corrected chi connectivity index (χ4v) is 2.62. The van der Waals surface area contributed by atoms with Gasteiger partial charge in [0, 0.05) is 17.7 Å². The molecule has 0 radical (unpaired) electrons. The highest BCUT2D eigenvalue weighted by Crippen LogP contribution is 2.19. The average molecular weight is 365 g/mol. The Hall–Kier alpha value is -2.88. The average Bonchev–Trinajstić information content (AvgIpc) is 2.70. The van der Waals surface area contributed by atoms with Gasteiger partial charge in [0.05, 0.1) is 6.61 Å². The first-order valence-corrected chi connectivity index (χ1v) is 9.34. The van der Waals surface area contributed by atoms with Gasteiger partial charge in [-0.1, -0.05) is 55.5 Å². The van der Waals surface area contributed by atoms with Gasteiger partial charge in [-0.2, -0.15) is 0 Å². The van der Waals surface area contributed by atoms with Crippen LogP contribution in [0.5, 0.6) is 0 Å². The fraction of sp³-hybridized carbons (Fsp3) is 0.304. The molecular weight excluding hydrogens is 338 g/mol. The Morgan fingerprint density at radius 3 is 2.19 bits per heavy atom. The third kappa shape index (κ3) is 7.10. The molecule has 0 bridgehead atoms. The van der Waals surface area contributed by atoms with Crippen LogP contribution in [-0.2, 0) is 9.53 Å². The molecule has 27 heavy (non-hydrogen) atoms. The van der Waals surface area contributed by atoms with Gasteiger partial charge in [0.1, 0.15) is 0 Å². The summed E-state index contributed by atoms with van der Waals surface area (Å²) in [4.78, 5) is 23.4. The molecule has 0 spiro atoms. The van der Waals surface area contributed by atoms with Gasteiger partial charge in [-0.25, -0.2) is 4.79 Å². The van der Waals surface area contributed by atoms with E-state index in [9.17, 15) is 9.59 Å². The van der Waals surface area contributed by atoms with Gasteiger partial charge in [-0.3, -0.25) is 4.79 Å². The van der Waals surface area contributed by atoms with Crippen LogP contribution < -0.4 is 5.32 Å². The van der Waals surface area contributed by atoms with Gasteiger partial charge in [-0.05, 0) is 49.4 Å². The fourth-order valence-electron chi connectivity index (χ4n) is 2.62. The van der Waals surface area contributed by atoms with Crippen LogP contribution in [0.1, 0.15) is 43.0 Å². The molecule has 0 fully saturated rings. The van der Waals surface area contributed by atoms with E-state index in [4.69, 9.17) is 4.74 Å². The van der Waals surface area contributed by atoms with E-state index in [0.29, 0.717) is 24.3 Å². The van der Waals surface area contributed by atoms with Crippen molar-refractivity contribution in [3.8, 4) is 11.1 Å². The molecule has 142 valence electrons. The maximum Gasteiger partial charge on any atom is 0.333 e. The van der Waals surface area contributed by atoms with Crippen molar-refractivity contribution in [2.24, 2.45) is 0 Å². The molecule has 2 aromatic carbocycles. The first-order valence-electron chi connectivity index (χ1n) is 9.34. The highest BCUT2D eigenvalue weighted by molar-refractivity contribution is 5.94. The summed E-state index contributed by atoms with van der Waals surface area (Å²) in [6, 6.07) is 17.7. The SMILES string of the molecule is C=C(C)C(=O)OCCCCCCNC(=O)c1ccc(-c2ccccc2)cc1. The number of carbonyl (C=O) groups excluding carboxylic acids is 2. The Labute approximate surface area is 161 Å². The second-order valence-electron chi connectivity index (χ2n) is 6.53. The number of esters is 1. The van der Waals surface area contributed by atoms with Crippen LogP contribution in [0.4, 0.5) is 0 Å². The Balaban J connectivity index is 1.62. The summed E-state index contributed by atoms with van der Waals surface area (Å²) in [6.07, 6.45) is 3.68. The van der Waals surface area contributed by atoms with Crippen molar-refractivity contribution < 1.29 is 14.3 Å². The van der Waals surface area contributed by atoms with E-state index in [-0.39, 0.29) is 11.9 Å². The lowest BCUT2D eigenvalue weighted by atomic mass is 10.0. The molecule has 4 heteroatoms. The molecule has 0 saturated carbocycles. The standard InChI is InChI=1S/C23H27NO3/c1-18(2)23(26)27-17-9-4-3-8-16-24-22(25)21-14-12-20(13-15-21)19-10-6-5-7-11-19/h5-7,10-15H,1,3-4,8-9,16-17H2,2H3,(H,24,25). The normalized spacial score (nSPS) is 10.3. The van der Waals surface area contributed by atoms with E-state index in [1.807, 2.05) is 42.5 Å². The van der Waals surface area contributed by atoms with Gasteiger partial charge in [-0.15, -0.1) is 0 Å². The zero-order valence-corrected chi connectivity index (χ0v) is 15.9. The van der Waals surface area contributed by atoms with Crippen LogP contribution in [0.2, 0.25) is 0 Å². The number of unbranched alkanes of at least 4 members (excludes halogenated alkanes) is 3. The number of carbonyl (C=O) groups is 2. The summed E-state index contributed by atoms with van der Waals surface area (Å²) in [5, 5.41) is 2.95.